The molecule has 21 heavy (non-hydrogen) atoms. The largest absolute Gasteiger partial charge is 0.491 e. The summed E-state index contributed by atoms with van der Waals surface area (Å²) in [6.45, 7) is 9.29. The Morgan fingerprint density at radius 3 is 2.81 bits per heavy atom. The summed E-state index contributed by atoms with van der Waals surface area (Å²) in [5.41, 5.74) is 1.12. The quantitative estimate of drug-likeness (QED) is 0.784. The molecule has 1 fully saturated rings. The first-order chi connectivity index (χ1) is 10.2. The van der Waals surface area contributed by atoms with Crippen LogP contribution >= 0.6 is 0 Å². The monoisotopic (exact) mass is 289 g/mol. The number of nitrogens with zero attached hydrogens (tertiary/aromatic N) is 1. The smallest absolute Gasteiger partial charge is 0.122 e. The Hall–Kier alpha value is -1.32. The number of para-hydroxylation sites is 1. The van der Waals surface area contributed by atoms with Gasteiger partial charge < -0.3 is 14.7 Å². The van der Waals surface area contributed by atoms with Gasteiger partial charge in [-0.15, -0.1) is 6.58 Å². The molecule has 1 atom stereocenters. The van der Waals surface area contributed by atoms with Crippen molar-refractivity contribution in [3.63, 3.8) is 0 Å². The van der Waals surface area contributed by atoms with Crippen molar-refractivity contribution in [3.05, 3.63) is 42.5 Å². The van der Waals surface area contributed by atoms with Crippen molar-refractivity contribution >= 4 is 0 Å². The SMILES string of the molecule is C=CCc1ccccc1OCC(O)CN1CCC(C)CC1. The van der Waals surface area contributed by atoms with Crippen LogP contribution in [0.2, 0.25) is 0 Å². The second-order valence-corrected chi connectivity index (χ2v) is 6.05. The molecule has 1 unspecified atom stereocenters. The number of allylic oxidation sites excluding steroid dienone is 1. The number of ether oxygens (including phenoxy) is 1. The number of hydrogen-bond acceptors (Lipinski definition) is 3. The first-order valence-electron chi connectivity index (χ1n) is 7.91. The molecule has 0 aliphatic carbocycles. The molecule has 3 nitrogen and oxygen atoms in total. The van der Waals surface area contributed by atoms with Gasteiger partial charge in [0.1, 0.15) is 18.5 Å². The van der Waals surface area contributed by atoms with E-state index in [2.05, 4.69) is 18.4 Å². The van der Waals surface area contributed by atoms with Gasteiger partial charge in [-0.25, -0.2) is 0 Å². The molecule has 1 aliphatic rings. The molecular formula is C18H27NO2. The molecule has 116 valence electrons. The highest BCUT2D eigenvalue weighted by Crippen LogP contribution is 2.19. The van der Waals surface area contributed by atoms with Crippen molar-refractivity contribution in [2.24, 2.45) is 5.92 Å². The van der Waals surface area contributed by atoms with E-state index in [0.717, 1.165) is 36.7 Å². The summed E-state index contributed by atoms with van der Waals surface area (Å²) in [7, 11) is 0. The number of β-amino-alcohol motifs (C(OH)–C–C–N with tert-alkyl or cyclic N) is 1. The van der Waals surface area contributed by atoms with Gasteiger partial charge in [0, 0.05) is 6.54 Å². The molecule has 0 aromatic heterocycles. The van der Waals surface area contributed by atoms with Crippen LogP contribution in [0.15, 0.2) is 36.9 Å². The Morgan fingerprint density at radius 1 is 1.38 bits per heavy atom. The zero-order valence-corrected chi connectivity index (χ0v) is 13.0. The van der Waals surface area contributed by atoms with Crippen LogP contribution in [-0.2, 0) is 6.42 Å². The fraction of sp³-hybridized carbons (Fsp3) is 0.556. The molecular weight excluding hydrogens is 262 g/mol. The summed E-state index contributed by atoms with van der Waals surface area (Å²) in [4.78, 5) is 2.34. The topological polar surface area (TPSA) is 32.7 Å². The molecule has 1 heterocycles. The molecule has 0 bridgehead atoms. The van der Waals surface area contributed by atoms with Crippen molar-refractivity contribution < 1.29 is 9.84 Å². The van der Waals surface area contributed by atoms with Gasteiger partial charge in [0.15, 0.2) is 0 Å². The van der Waals surface area contributed by atoms with Crippen LogP contribution in [0.3, 0.4) is 0 Å². The fourth-order valence-electron chi connectivity index (χ4n) is 2.75. The van der Waals surface area contributed by atoms with Crippen LogP contribution in [0.4, 0.5) is 0 Å². The van der Waals surface area contributed by atoms with Crippen LogP contribution in [0.5, 0.6) is 5.75 Å². The van der Waals surface area contributed by atoms with Gasteiger partial charge >= 0.3 is 0 Å². The average Bonchev–Trinajstić information content (AvgIpc) is 2.49. The van der Waals surface area contributed by atoms with E-state index in [1.807, 2.05) is 30.3 Å². The van der Waals surface area contributed by atoms with Gasteiger partial charge in [-0.2, -0.15) is 0 Å². The lowest BCUT2D eigenvalue weighted by Crippen LogP contribution is -2.40. The summed E-state index contributed by atoms with van der Waals surface area (Å²) in [5, 5.41) is 10.2. The van der Waals surface area contributed by atoms with Gasteiger partial charge in [0.2, 0.25) is 0 Å². The molecule has 1 aliphatic heterocycles. The van der Waals surface area contributed by atoms with Crippen LogP contribution in [0.1, 0.15) is 25.3 Å². The second kappa shape index (κ2) is 8.20. The zero-order valence-electron chi connectivity index (χ0n) is 13.0. The lowest BCUT2D eigenvalue weighted by Gasteiger charge is -2.31. The normalized spacial score (nSPS) is 18.4. The molecule has 1 N–H and O–H groups in total. The van der Waals surface area contributed by atoms with Crippen LogP contribution in [0, 0.1) is 5.92 Å². The Labute approximate surface area is 128 Å². The van der Waals surface area contributed by atoms with Crippen molar-refractivity contribution in [1.29, 1.82) is 0 Å². The molecule has 0 radical (unpaired) electrons. The van der Waals surface area contributed by atoms with Gasteiger partial charge in [-0.1, -0.05) is 31.2 Å². The standard InChI is InChI=1S/C18H27NO2/c1-3-6-16-7-4-5-8-18(16)21-14-17(20)13-19-11-9-15(2)10-12-19/h3-5,7-8,15,17,20H,1,6,9-14H2,2H3. The summed E-state index contributed by atoms with van der Waals surface area (Å²) < 4.78 is 5.79. The van der Waals surface area contributed by atoms with Gasteiger partial charge in [0.25, 0.3) is 0 Å². The van der Waals surface area contributed by atoms with Crippen LogP contribution < -0.4 is 4.74 Å². The van der Waals surface area contributed by atoms with Crippen molar-refractivity contribution in [1.82, 2.24) is 4.90 Å². The molecule has 0 spiro atoms. The van der Waals surface area contributed by atoms with Crippen molar-refractivity contribution in [3.8, 4) is 5.75 Å². The Morgan fingerprint density at radius 2 is 2.10 bits per heavy atom. The predicted octanol–water partition coefficient (Wildman–Crippen LogP) is 2.89. The number of benzene rings is 1. The van der Waals surface area contributed by atoms with Gasteiger partial charge in [0.05, 0.1) is 0 Å². The molecule has 1 aromatic rings. The molecule has 0 saturated carbocycles. The third kappa shape index (κ3) is 5.18. The molecule has 0 amide bonds. The number of piperidine rings is 1. The average molecular weight is 289 g/mol. The molecule has 1 aromatic carbocycles. The van der Waals surface area contributed by atoms with E-state index in [1.54, 1.807) is 0 Å². The maximum atomic E-state index is 10.2. The first kappa shape index (κ1) is 16.1. The van der Waals surface area contributed by atoms with Crippen LogP contribution in [-0.4, -0.2) is 42.4 Å². The molecule has 2 rings (SSSR count). The highest BCUT2D eigenvalue weighted by atomic mass is 16.5. The third-order valence-electron chi connectivity index (χ3n) is 4.11. The summed E-state index contributed by atoms with van der Waals surface area (Å²) in [6.07, 6.45) is 4.69. The lowest BCUT2D eigenvalue weighted by molar-refractivity contribution is 0.0560. The van der Waals surface area contributed by atoms with E-state index in [1.165, 1.54) is 12.8 Å². The maximum absolute atomic E-state index is 10.2. The minimum absolute atomic E-state index is 0.347. The highest BCUT2D eigenvalue weighted by Gasteiger charge is 2.18. The molecule has 3 heteroatoms. The summed E-state index contributed by atoms with van der Waals surface area (Å²) in [5.74, 6) is 1.67. The third-order valence-corrected chi connectivity index (χ3v) is 4.11. The number of aliphatic hydroxyl groups is 1. The van der Waals surface area contributed by atoms with E-state index in [-0.39, 0.29) is 0 Å². The van der Waals surface area contributed by atoms with Crippen molar-refractivity contribution in [2.75, 3.05) is 26.2 Å². The number of hydrogen-bond donors (Lipinski definition) is 1. The second-order valence-electron chi connectivity index (χ2n) is 6.05. The maximum Gasteiger partial charge on any atom is 0.122 e. The van der Waals surface area contributed by atoms with E-state index in [0.29, 0.717) is 13.2 Å². The van der Waals surface area contributed by atoms with Gasteiger partial charge in [-0.3, -0.25) is 0 Å². The van der Waals surface area contributed by atoms with Gasteiger partial charge in [-0.05, 0) is 49.9 Å². The van der Waals surface area contributed by atoms with E-state index < -0.39 is 6.10 Å². The minimum Gasteiger partial charge on any atom is -0.491 e. The fourth-order valence-corrected chi connectivity index (χ4v) is 2.75. The van der Waals surface area contributed by atoms with E-state index in [4.69, 9.17) is 4.74 Å². The summed E-state index contributed by atoms with van der Waals surface area (Å²) >= 11 is 0. The Kier molecular flexibility index (Phi) is 6.27. The predicted molar refractivity (Wildman–Crippen MR) is 86.7 cm³/mol. The number of aliphatic hydroxyl groups excluding tert-OH is 1. The number of rotatable bonds is 7. The van der Waals surface area contributed by atoms with Crippen molar-refractivity contribution in [2.45, 2.75) is 32.3 Å². The number of likely N-dealkylation sites (tertiary alicyclic amines) is 1. The first-order valence-corrected chi connectivity index (χ1v) is 7.91. The van der Waals surface area contributed by atoms with Crippen LogP contribution in [0.25, 0.3) is 0 Å². The minimum atomic E-state index is -0.435. The molecule has 1 saturated heterocycles. The Balaban J connectivity index is 1.78. The van der Waals surface area contributed by atoms with E-state index >= 15 is 0 Å². The summed E-state index contributed by atoms with van der Waals surface area (Å²) in [6, 6.07) is 7.95. The highest BCUT2D eigenvalue weighted by molar-refractivity contribution is 5.34. The van der Waals surface area contributed by atoms with E-state index in [9.17, 15) is 5.11 Å². The lowest BCUT2D eigenvalue weighted by atomic mass is 9.99. The zero-order chi connectivity index (χ0) is 15.1. The Bertz CT molecular complexity index is 439.